The van der Waals surface area contributed by atoms with Crippen molar-refractivity contribution in [2.45, 2.75) is 80.6 Å². The first-order valence-corrected chi connectivity index (χ1v) is 11.1. The third kappa shape index (κ3) is 9.36. The molecule has 0 aliphatic carbocycles. The summed E-state index contributed by atoms with van der Waals surface area (Å²) in [6.07, 6.45) is 5.31. The van der Waals surface area contributed by atoms with Gasteiger partial charge in [0, 0.05) is 45.7 Å². The molecule has 2 rings (SSSR count). The van der Waals surface area contributed by atoms with E-state index in [9.17, 15) is 4.79 Å². The fourth-order valence-corrected chi connectivity index (χ4v) is 3.39. The van der Waals surface area contributed by atoms with Crippen molar-refractivity contribution in [1.82, 2.24) is 15.1 Å². The predicted octanol–water partition coefficient (Wildman–Crippen LogP) is 4.40. The van der Waals surface area contributed by atoms with Crippen molar-refractivity contribution < 1.29 is 4.79 Å². The summed E-state index contributed by atoms with van der Waals surface area (Å²) in [5.74, 6) is 1.08. The van der Waals surface area contributed by atoms with E-state index in [-0.39, 0.29) is 0 Å². The SMILES string of the molecule is CC.CC(C)C1(C)CCN(C(=O)CCCN2CCNCC2)CC1.CCC. The summed E-state index contributed by atoms with van der Waals surface area (Å²) in [6, 6.07) is 0. The second kappa shape index (κ2) is 14.4. The highest BCUT2D eigenvalue weighted by Gasteiger charge is 2.33. The van der Waals surface area contributed by atoms with Gasteiger partial charge in [-0.3, -0.25) is 4.79 Å². The Hall–Kier alpha value is -0.610. The van der Waals surface area contributed by atoms with Crippen LogP contribution in [0.4, 0.5) is 0 Å². The van der Waals surface area contributed by atoms with Crippen LogP contribution < -0.4 is 5.32 Å². The predicted molar refractivity (Wildman–Crippen MR) is 115 cm³/mol. The molecule has 2 heterocycles. The van der Waals surface area contributed by atoms with E-state index < -0.39 is 0 Å². The lowest BCUT2D eigenvalue weighted by Crippen LogP contribution is -2.45. The standard InChI is InChI=1S/C17H33N3O.C3H8.C2H6/c1-15(2)17(3)6-11-20(12-7-17)16(21)5-4-10-19-13-8-18-9-14-19;1-3-2;1-2/h15,18H,4-14H2,1-3H3;3H2,1-2H3;1-2H3. The number of nitrogens with zero attached hydrogens (tertiary/aromatic N) is 2. The third-order valence-corrected chi connectivity index (χ3v) is 5.73. The Morgan fingerprint density at radius 3 is 2.00 bits per heavy atom. The van der Waals surface area contributed by atoms with Crippen molar-refractivity contribution in [3.8, 4) is 0 Å². The molecule has 1 N–H and O–H groups in total. The van der Waals surface area contributed by atoms with Gasteiger partial charge < -0.3 is 15.1 Å². The Morgan fingerprint density at radius 1 is 1.04 bits per heavy atom. The molecular weight excluding hydrogens is 322 g/mol. The average Bonchev–Trinajstić information content (AvgIpc) is 2.65. The summed E-state index contributed by atoms with van der Waals surface area (Å²) in [7, 11) is 0. The Bertz CT molecular complexity index is 343. The van der Waals surface area contributed by atoms with Crippen LogP contribution >= 0.6 is 0 Å². The normalized spacial score (nSPS) is 19.9. The molecule has 2 saturated heterocycles. The summed E-state index contributed by atoms with van der Waals surface area (Å²) in [5, 5.41) is 3.37. The van der Waals surface area contributed by atoms with Crippen molar-refractivity contribution in [2.24, 2.45) is 11.3 Å². The molecule has 2 fully saturated rings. The molecule has 0 bridgehead atoms. The summed E-state index contributed by atoms with van der Waals surface area (Å²) < 4.78 is 0. The van der Waals surface area contributed by atoms with Gasteiger partial charge in [0.15, 0.2) is 0 Å². The summed E-state index contributed by atoms with van der Waals surface area (Å²) in [5.41, 5.74) is 0.428. The molecule has 156 valence electrons. The van der Waals surface area contributed by atoms with E-state index in [1.165, 1.54) is 6.42 Å². The first-order chi connectivity index (χ1) is 12.4. The molecule has 0 aromatic rings. The number of carbonyl (C=O) groups is 1. The van der Waals surface area contributed by atoms with Gasteiger partial charge in [-0.05, 0) is 37.1 Å². The molecule has 0 unspecified atom stereocenters. The van der Waals surface area contributed by atoms with Crippen molar-refractivity contribution in [2.75, 3.05) is 45.8 Å². The highest BCUT2D eigenvalue weighted by atomic mass is 16.2. The molecule has 0 aromatic heterocycles. The van der Waals surface area contributed by atoms with E-state index in [0.29, 0.717) is 17.2 Å². The number of carbonyl (C=O) groups excluding carboxylic acids is 1. The lowest BCUT2D eigenvalue weighted by molar-refractivity contribution is -0.134. The van der Waals surface area contributed by atoms with Gasteiger partial charge in [0.2, 0.25) is 5.91 Å². The number of rotatable bonds is 5. The molecule has 4 heteroatoms. The Labute approximate surface area is 164 Å². The largest absolute Gasteiger partial charge is 0.343 e. The maximum absolute atomic E-state index is 12.3. The van der Waals surface area contributed by atoms with Crippen LogP contribution in [0.15, 0.2) is 0 Å². The molecule has 4 nitrogen and oxygen atoms in total. The van der Waals surface area contributed by atoms with Gasteiger partial charge in [0.25, 0.3) is 0 Å². The van der Waals surface area contributed by atoms with Crippen LogP contribution in [0, 0.1) is 11.3 Å². The molecular formula is C22H47N3O. The number of hydrogen-bond donors (Lipinski definition) is 1. The second-order valence-electron chi connectivity index (χ2n) is 8.09. The highest BCUT2D eigenvalue weighted by Crippen LogP contribution is 2.38. The summed E-state index contributed by atoms with van der Waals surface area (Å²) in [6.45, 7) is 22.7. The molecule has 0 atom stereocenters. The summed E-state index contributed by atoms with van der Waals surface area (Å²) >= 11 is 0. The number of nitrogens with one attached hydrogen (secondary N) is 1. The van der Waals surface area contributed by atoms with Gasteiger partial charge >= 0.3 is 0 Å². The minimum absolute atomic E-state index is 0.371. The number of amides is 1. The first-order valence-electron chi connectivity index (χ1n) is 11.1. The van der Waals surface area contributed by atoms with Gasteiger partial charge in [-0.15, -0.1) is 0 Å². The fourth-order valence-electron chi connectivity index (χ4n) is 3.39. The van der Waals surface area contributed by atoms with E-state index in [1.54, 1.807) is 0 Å². The second-order valence-corrected chi connectivity index (χ2v) is 8.09. The highest BCUT2D eigenvalue weighted by molar-refractivity contribution is 5.76. The third-order valence-electron chi connectivity index (χ3n) is 5.73. The van der Waals surface area contributed by atoms with Crippen LogP contribution in [-0.2, 0) is 4.79 Å². The van der Waals surface area contributed by atoms with E-state index in [4.69, 9.17) is 0 Å². The maximum Gasteiger partial charge on any atom is 0.222 e. The molecule has 0 aromatic carbocycles. The zero-order valence-corrected chi connectivity index (χ0v) is 18.9. The van der Waals surface area contributed by atoms with Crippen LogP contribution in [0.3, 0.4) is 0 Å². The van der Waals surface area contributed by atoms with E-state index in [2.05, 4.69) is 49.7 Å². The van der Waals surface area contributed by atoms with Crippen LogP contribution in [-0.4, -0.2) is 61.5 Å². The van der Waals surface area contributed by atoms with E-state index >= 15 is 0 Å². The minimum Gasteiger partial charge on any atom is -0.343 e. The topological polar surface area (TPSA) is 35.6 Å². The zero-order chi connectivity index (χ0) is 20.0. The van der Waals surface area contributed by atoms with Gasteiger partial charge in [-0.2, -0.15) is 0 Å². The van der Waals surface area contributed by atoms with E-state index in [1.807, 2.05) is 13.8 Å². The van der Waals surface area contributed by atoms with Gasteiger partial charge in [-0.25, -0.2) is 0 Å². The van der Waals surface area contributed by atoms with Gasteiger partial charge in [0.05, 0.1) is 0 Å². The number of likely N-dealkylation sites (tertiary alicyclic amines) is 1. The van der Waals surface area contributed by atoms with Crippen molar-refractivity contribution >= 4 is 5.91 Å². The first kappa shape index (κ1) is 25.4. The number of hydrogen-bond acceptors (Lipinski definition) is 3. The van der Waals surface area contributed by atoms with Crippen molar-refractivity contribution in [3.05, 3.63) is 0 Å². The van der Waals surface area contributed by atoms with Gasteiger partial charge in [0.1, 0.15) is 0 Å². The van der Waals surface area contributed by atoms with Crippen LogP contribution in [0.1, 0.15) is 80.6 Å². The average molecular weight is 370 g/mol. The van der Waals surface area contributed by atoms with Crippen LogP contribution in [0.25, 0.3) is 0 Å². The number of piperidine rings is 1. The van der Waals surface area contributed by atoms with Gasteiger partial charge in [-0.1, -0.05) is 54.9 Å². The van der Waals surface area contributed by atoms with Crippen LogP contribution in [0.5, 0.6) is 0 Å². The molecule has 2 aliphatic heterocycles. The quantitative estimate of drug-likeness (QED) is 0.780. The Kier molecular flexibility index (Phi) is 14.1. The van der Waals surface area contributed by atoms with E-state index in [0.717, 1.165) is 71.5 Å². The molecule has 1 amide bonds. The zero-order valence-electron chi connectivity index (χ0n) is 18.9. The fraction of sp³-hybridized carbons (Fsp3) is 0.955. The Morgan fingerprint density at radius 2 is 1.54 bits per heavy atom. The lowest BCUT2D eigenvalue weighted by Gasteiger charge is -2.42. The minimum atomic E-state index is 0.371. The lowest BCUT2D eigenvalue weighted by atomic mass is 9.72. The molecule has 0 saturated carbocycles. The summed E-state index contributed by atoms with van der Waals surface area (Å²) in [4.78, 5) is 16.9. The molecule has 0 spiro atoms. The maximum atomic E-state index is 12.3. The number of piperazine rings is 1. The Balaban J connectivity index is 0.00000113. The smallest absolute Gasteiger partial charge is 0.222 e. The van der Waals surface area contributed by atoms with Crippen LogP contribution in [0.2, 0.25) is 0 Å². The molecule has 0 radical (unpaired) electrons. The molecule has 2 aliphatic rings. The molecule has 26 heavy (non-hydrogen) atoms. The van der Waals surface area contributed by atoms with Crippen molar-refractivity contribution in [1.29, 1.82) is 0 Å². The monoisotopic (exact) mass is 369 g/mol. The van der Waals surface area contributed by atoms with Crippen molar-refractivity contribution in [3.63, 3.8) is 0 Å².